The predicted molar refractivity (Wildman–Crippen MR) is 72.7 cm³/mol. The third kappa shape index (κ3) is 3.62. The Hall–Kier alpha value is -1.26. The van der Waals surface area contributed by atoms with Gasteiger partial charge in [0, 0.05) is 36.6 Å². The Morgan fingerprint density at radius 2 is 2.22 bits per heavy atom. The van der Waals surface area contributed by atoms with E-state index in [9.17, 15) is 4.79 Å². The summed E-state index contributed by atoms with van der Waals surface area (Å²) < 4.78 is 5.25. The number of halogens is 1. The van der Waals surface area contributed by atoms with Gasteiger partial charge in [0.15, 0.2) is 0 Å². The van der Waals surface area contributed by atoms with E-state index in [0.717, 1.165) is 11.3 Å². The number of ether oxygens (including phenoxy) is 1. The lowest BCUT2D eigenvalue weighted by Crippen LogP contribution is -2.34. The molecule has 0 saturated carbocycles. The van der Waals surface area contributed by atoms with Crippen LogP contribution < -0.4 is 10.5 Å². The molecular formula is C13H19ClN2O2. The van der Waals surface area contributed by atoms with Gasteiger partial charge in [-0.3, -0.25) is 4.79 Å². The van der Waals surface area contributed by atoms with E-state index in [1.165, 1.54) is 0 Å². The quantitative estimate of drug-likeness (QED) is 0.889. The van der Waals surface area contributed by atoms with Gasteiger partial charge in [0.05, 0.1) is 7.11 Å². The summed E-state index contributed by atoms with van der Waals surface area (Å²) in [6.07, 6.45) is 0. The maximum absolute atomic E-state index is 11.9. The van der Waals surface area contributed by atoms with Crippen molar-refractivity contribution in [1.82, 2.24) is 4.90 Å². The van der Waals surface area contributed by atoms with Gasteiger partial charge in [-0.2, -0.15) is 0 Å². The minimum atomic E-state index is -0.180. The van der Waals surface area contributed by atoms with Crippen LogP contribution in [0.15, 0.2) is 18.2 Å². The smallest absolute Gasteiger partial charge is 0.226 e. The normalized spacial score (nSPS) is 12.1. The van der Waals surface area contributed by atoms with Gasteiger partial charge in [0.2, 0.25) is 5.91 Å². The van der Waals surface area contributed by atoms with Crippen LogP contribution in [0, 0.1) is 5.92 Å². The summed E-state index contributed by atoms with van der Waals surface area (Å²) in [6.45, 7) is 2.61. The third-order valence-corrected chi connectivity index (χ3v) is 3.04. The third-order valence-electron chi connectivity index (χ3n) is 2.80. The second-order valence-corrected chi connectivity index (χ2v) is 4.72. The van der Waals surface area contributed by atoms with Gasteiger partial charge < -0.3 is 15.4 Å². The first-order chi connectivity index (χ1) is 8.49. The van der Waals surface area contributed by atoms with Crippen molar-refractivity contribution in [2.75, 3.05) is 20.7 Å². The molecule has 0 aliphatic heterocycles. The standard InChI is InChI=1S/C13H19ClN2O2/c1-9(7-15)13(17)16(2)8-10-6-11(14)4-5-12(10)18-3/h4-6,9H,7-8,15H2,1-3H3. The molecule has 0 aliphatic carbocycles. The van der Waals surface area contributed by atoms with E-state index in [1.807, 2.05) is 6.92 Å². The van der Waals surface area contributed by atoms with Crippen LogP contribution in [-0.2, 0) is 11.3 Å². The fourth-order valence-corrected chi connectivity index (χ4v) is 1.88. The Morgan fingerprint density at radius 3 is 2.78 bits per heavy atom. The van der Waals surface area contributed by atoms with Gasteiger partial charge in [-0.25, -0.2) is 0 Å². The molecule has 18 heavy (non-hydrogen) atoms. The number of rotatable bonds is 5. The molecule has 1 rings (SSSR count). The lowest BCUT2D eigenvalue weighted by atomic mass is 10.1. The molecule has 0 aromatic heterocycles. The number of nitrogens with two attached hydrogens (primary N) is 1. The summed E-state index contributed by atoms with van der Waals surface area (Å²) in [7, 11) is 3.34. The molecule has 0 fully saturated rings. The van der Waals surface area contributed by atoms with E-state index >= 15 is 0 Å². The van der Waals surface area contributed by atoms with Crippen molar-refractivity contribution in [1.29, 1.82) is 0 Å². The minimum Gasteiger partial charge on any atom is -0.496 e. The zero-order valence-electron chi connectivity index (χ0n) is 10.9. The summed E-state index contributed by atoms with van der Waals surface area (Å²) in [5, 5.41) is 0.624. The lowest BCUT2D eigenvalue weighted by Gasteiger charge is -2.21. The van der Waals surface area contributed by atoms with Crippen molar-refractivity contribution in [3.63, 3.8) is 0 Å². The molecular weight excluding hydrogens is 252 g/mol. The molecule has 1 atom stereocenters. The fourth-order valence-electron chi connectivity index (χ4n) is 1.68. The zero-order valence-corrected chi connectivity index (χ0v) is 11.7. The Bertz CT molecular complexity index is 423. The first-order valence-corrected chi connectivity index (χ1v) is 6.14. The van der Waals surface area contributed by atoms with Crippen LogP contribution in [0.1, 0.15) is 12.5 Å². The Morgan fingerprint density at radius 1 is 1.56 bits per heavy atom. The Kier molecular flexibility index (Phi) is 5.44. The van der Waals surface area contributed by atoms with Gasteiger partial charge in [-0.05, 0) is 18.2 Å². The highest BCUT2D eigenvalue weighted by molar-refractivity contribution is 6.30. The second-order valence-electron chi connectivity index (χ2n) is 4.29. The summed E-state index contributed by atoms with van der Waals surface area (Å²) in [4.78, 5) is 13.6. The highest BCUT2D eigenvalue weighted by atomic mass is 35.5. The van der Waals surface area contributed by atoms with E-state index in [0.29, 0.717) is 18.1 Å². The van der Waals surface area contributed by atoms with Crippen LogP contribution in [0.3, 0.4) is 0 Å². The second kappa shape index (κ2) is 6.61. The number of amides is 1. The number of benzene rings is 1. The molecule has 0 radical (unpaired) electrons. The summed E-state index contributed by atoms with van der Waals surface area (Å²) in [5.41, 5.74) is 6.37. The van der Waals surface area contributed by atoms with Crippen LogP contribution in [-0.4, -0.2) is 31.5 Å². The van der Waals surface area contributed by atoms with Crippen molar-refractivity contribution in [2.24, 2.45) is 11.7 Å². The highest BCUT2D eigenvalue weighted by Crippen LogP contribution is 2.24. The molecule has 0 spiro atoms. The monoisotopic (exact) mass is 270 g/mol. The summed E-state index contributed by atoms with van der Waals surface area (Å²) in [6, 6.07) is 5.36. The van der Waals surface area contributed by atoms with Gasteiger partial charge in [0.1, 0.15) is 5.75 Å². The molecule has 0 bridgehead atoms. The number of hydrogen-bond donors (Lipinski definition) is 1. The molecule has 2 N–H and O–H groups in total. The van der Waals surface area contributed by atoms with Gasteiger partial charge in [0.25, 0.3) is 0 Å². The maximum Gasteiger partial charge on any atom is 0.226 e. The van der Waals surface area contributed by atoms with Crippen molar-refractivity contribution < 1.29 is 9.53 Å². The van der Waals surface area contributed by atoms with Crippen LogP contribution in [0.5, 0.6) is 5.75 Å². The van der Waals surface area contributed by atoms with E-state index in [-0.39, 0.29) is 11.8 Å². The molecule has 5 heteroatoms. The first-order valence-electron chi connectivity index (χ1n) is 5.77. The molecule has 1 aromatic rings. The lowest BCUT2D eigenvalue weighted by molar-refractivity contribution is -0.133. The Labute approximate surface area is 113 Å². The number of methoxy groups -OCH3 is 1. The van der Waals surface area contributed by atoms with Crippen LogP contribution in [0.4, 0.5) is 0 Å². The molecule has 0 aliphatic rings. The van der Waals surface area contributed by atoms with Crippen molar-refractivity contribution in [2.45, 2.75) is 13.5 Å². The molecule has 100 valence electrons. The largest absolute Gasteiger partial charge is 0.496 e. The average molecular weight is 271 g/mol. The van der Waals surface area contributed by atoms with Crippen LogP contribution in [0.2, 0.25) is 5.02 Å². The van der Waals surface area contributed by atoms with Crippen molar-refractivity contribution in [3.05, 3.63) is 28.8 Å². The van der Waals surface area contributed by atoms with Gasteiger partial charge >= 0.3 is 0 Å². The van der Waals surface area contributed by atoms with E-state index in [2.05, 4.69) is 0 Å². The molecule has 4 nitrogen and oxygen atoms in total. The van der Waals surface area contributed by atoms with Crippen molar-refractivity contribution in [3.8, 4) is 5.75 Å². The van der Waals surface area contributed by atoms with Crippen LogP contribution in [0.25, 0.3) is 0 Å². The average Bonchev–Trinajstić information content (AvgIpc) is 2.37. The number of nitrogens with zero attached hydrogens (tertiary/aromatic N) is 1. The summed E-state index contributed by atoms with van der Waals surface area (Å²) >= 11 is 5.95. The highest BCUT2D eigenvalue weighted by Gasteiger charge is 2.17. The summed E-state index contributed by atoms with van der Waals surface area (Å²) in [5.74, 6) is 0.555. The van der Waals surface area contributed by atoms with E-state index < -0.39 is 0 Å². The molecule has 1 unspecified atom stereocenters. The molecule has 1 amide bonds. The maximum atomic E-state index is 11.9. The zero-order chi connectivity index (χ0) is 13.7. The van der Waals surface area contributed by atoms with Gasteiger partial charge in [-0.1, -0.05) is 18.5 Å². The SMILES string of the molecule is COc1ccc(Cl)cc1CN(C)C(=O)C(C)CN. The minimum absolute atomic E-state index is 0.0135. The number of hydrogen-bond acceptors (Lipinski definition) is 3. The number of carbonyl (C=O) groups is 1. The Balaban J connectivity index is 2.83. The van der Waals surface area contributed by atoms with Gasteiger partial charge in [-0.15, -0.1) is 0 Å². The predicted octanol–water partition coefficient (Wildman–Crippen LogP) is 1.90. The fraction of sp³-hybridized carbons (Fsp3) is 0.462. The van der Waals surface area contributed by atoms with E-state index in [4.69, 9.17) is 22.1 Å². The molecule has 1 aromatic carbocycles. The first kappa shape index (κ1) is 14.8. The molecule has 0 saturated heterocycles. The topological polar surface area (TPSA) is 55.6 Å². The van der Waals surface area contributed by atoms with Crippen LogP contribution >= 0.6 is 11.6 Å². The number of carbonyl (C=O) groups excluding carboxylic acids is 1. The molecule has 0 heterocycles. The van der Waals surface area contributed by atoms with Crippen molar-refractivity contribution >= 4 is 17.5 Å². The van der Waals surface area contributed by atoms with E-state index in [1.54, 1.807) is 37.3 Å².